The van der Waals surface area contributed by atoms with Crippen molar-refractivity contribution >= 4 is 34.4 Å². The molecule has 0 unspecified atom stereocenters. The molecule has 1 aromatic carbocycles. The predicted octanol–water partition coefficient (Wildman–Crippen LogP) is 4.60. The number of aromatic nitrogens is 4. The maximum atomic E-state index is 4.39. The van der Waals surface area contributed by atoms with E-state index >= 15 is 0 Å². The van der Waals surface area contributed by atoms with Gasteiger partial charge in [0.1, 0.15) is 0 Å². The van der Waals surface area contributed by atoms with Crippen LogP contribution in [0.25, 0.3) is 16.4 Å². The molecule has 0 aliphatic heterocycles. The summed E-state index contributed by atoms with van der Waals surface area (Å²) in [4.78, 5) is 5.42. The molecule has 22 heavy (non-hydrogen) atoms. The topological polar surface area (TPSA) is 43.6 Å². The van der Waals surface area contributed by atoms with Crippen LogP contribution in [0.3, 0.4) is 0 Å². The third-order valence-electron chi connectivity index (χ3n) is 2.98. The van der Waals surface area contributed by atoms with E-state index in [1.807, 2.05) is 35.0 Å². The van der Waals surface area contributed by atoms with E-state index in [0.29, 0.717) is 0 Å². The Morgan fingerprint density at radius 3 is 2.55 bits per heavy atom. The van der Waals surface area contributed by atoms with Gasteiger partial charge in [0.25, 0.3) is 0 Å². The molecule has 4 nitrogen and oxygen atoms in total. The Morgan fingerprint density at radius 1 is 0.909 bits per heavy atom. The first kappa shape index (κ1) is 13.7. The van der Waals surface area contributed by atoms with Crippen LogP contribution in [0.1, 0.15) is 0 Å². The van der Waals surface area contributed by atoms with Gasteiger partial charge in [0.2, 0.25) is 5.16 Å². The molecule has 0 N–H and O–H groups in total. The summed E-state index contributed by atoms with van der Waals surface area (Å²) in [5.41, 5.74) is 1.05. The molecule has 0 amide bonds. The third kappa shape index (κ3) is 2.58. The van der Waals surface area contributed by atoms with Gasteiger partial charge in [-0.3, -0.25) is 4.57 Å². The SMILES string of the molecule is c1ccc(-n2c(Sc3nccs3)nnc2-c2cccs2)cc1. The fraction of sp³-hybridized carbons (Fsp3) is 0. The van der Waals surface area contributed by atoms with Gasteiger partial charge >= 0.3 is 0 Å². The number of nitrogens with zero attached hydrogens (tertiary/aromatic N) is 4. The lowest BCUT2D eigenvalue weighted by Crippen LogP contribution is -1.98. The maximum Gasteiger partial charge on any atom is 0.203 e. The molecular formula is C15H10N4S3. The van der Waals surface area contributed by atoms with Crippen molar-refractivity contribution in [3.63, 3.8) is 0 Å². The fourth-order valence-corrected chi connectivity index (χ4v) is 4.33. The van der Waals surface area contributed by atoms with E-state index in [9.17, 15) is 0 Å². The second-order valence-corrected chi connectivity index (χ2v) is 7.41. The van der Waals surface area contributed by atoms with Gasteiger partial charge in [0.15, 0.2) is 10.2 Å². The van der Waals surface area contributed by atoms with Gasteiger partial charge in [-0.1, -0.05) is 24.3 Å². The van der Waals surface area contributed by atoms with Crippen molar-refractivity contribution in [1.82, 2.24) is 19.7 Å². The van der Waals surface area contributed by atoms with Crippen molar-refractivity contribution in [2.45, 2.75) is 9.50 Å². The molecule has 0 aliphatic rings. The highest BCUT2D eigenvalue weighted by molar-refractivity contribution is 8.00. The quantitative estimate of drug-likeness (QED) is 0.543. The molecule has 0 radical (unpaired) electrons. The number of benzene rings is 1. The van der Waals surface area contributed by atoms with Crippen LogP contribution in [-0.4, -0.2) is 19.7 Å². The molecule has 3 aromatic heterocycles. The second-order valence-electron chi connectivity index (χ2n) is 4.35. The molecule has 0 saturated heterocycles. The molecule has 0 saturated carbocycles. The van der Waals surface area contributed by atoms with Gasteiger partial charge in [-0.05, 0) is 35.3 Å². The molecular weight excluding hydrogens is 332 g/mol. The molecule has 0 spiro atoms. The summed E-state index contributed by atoms with van der Waals surface area (Å²) in [5, 5.41) is 13.6. The first-order valence-corrected chi connectivity index (χ1v) is 9.11. The van der Waals surface area contributed by atoms with Crippen molar-refractivity contribution in [2.24, 2.45) is 0 Å². The number of para-hydroxylation sites is 1. The van der Waals surface area contributed by atoms with Crippen LogP contribution in [0.5, 0.6) is 0 Å². The second kappa shape index (κ2) is 6.04. The molecule has 4 rings (SSSR count). The first-order valence-electron chi connectivity index (χ1n) is 6.54. The van der Waals surface area contributed by atoms with Crippen LogP contribution in [0.4, 0.5) is 0 Å². The Morgan fingerprint density at radius 2 is 1.82 bits per heavy atom. The standard InChI is InChI=1S/C15H10N4S3/c1-2-5-11(6-3-1)19-13(12-7-4-9-20-12)17-18-14(19)22-15-16-8-10-21-15/h1-10H. The lowest BCUT2D eigenvalue weighted by Gasteiger charge is -2.08. The number of thiophene rings is 1. The Bertz CT molecular complexity index is 852. The normalized spacial score (nSPS) is 10.9. The fourth-order valence-electron chi connectivity index (χ4n) is 2.05. The minimum absolute atomic E-state index is 0.824. The summed E-state index contributed by atoms with van der Waals surface area (Å²) in [6.45, 7) is 0. The molecule has 0 atom stereocenters. The summed E-state index contributed by atoms with van der Waals surface area (Å²) in [7, 11) is 0. The Hall–Kier alpha value is -1.96. The van der Waals surface area contributed by atoms with Gasteiger partial charge in [-0.15, -0.1) is 32.9 Å². The maximum absolute atomic E-state index is 4.39. The Labute approximate surface area is 139 Å². The van der Waals surface area contributed by atoms with E-state index in [1.165, 1.54) is 11.8 Å². The lowest BCUT2D eigenvalue weighted by molar-refractivity contribution is 0.886. The van der Waals surface area contributed by atoms with Gasteiger partial charge < -0.3 is 0 Å². The molecule has 0 bridgehead atoms. The number of rotatable bonds is 4. The van der Waals surface area contributed by atoms with E-state index in [0.717, 1.165) is 25.9 Å². The smallest absolute Gasteiger partial charge is 0.203 e. The van der Waals surface area contributed by atoms with Gasteiger partial charge in [-0.25, -0.2) is 4.98 Å². The summed E-state index contributed by atoms with van der Waals surface area (Å²) in [5.74, 6) is 0.861. The van der Waals surface area contributed by atoms with E-state index in [1.54, 1.807) is 28.9 Å². The molecule has 3 heterocycles. The number of hydrogen-bond acceptors (Lipinski definition) is 6. The zero-order chi connectivity index (χ0) is 14.8. The predicted molar refractivity (Wildman–Crippen MR) is 90.9 cm³/mol. The van der Waals surface area contributed by atoms with Crippen molar-refractivity contribution in [2.75, 3.05) is 0 Å². The van der Waals surface area contributed by atoms with Crippen molar-refractivity contribution in [3.05, 3.63) is 59.4 Å². The van der Waals surface area contributed by atoms with Crippen molar-refractivity contribution in [3.8, 4) is 16.4 Å². The largest absolute Gasteiger partial charge is 0.269 e. The van der Waals surface area contributed by atoms with Crippen molar-refractivity contribution in [1.29, 1.82) is 0 Å². The van der Waals surface area contributed by atoms with Crippen LogP contribution >= 0.6 is 34.4 Å². The van der Waals surface area contributed by atoms with E-state index < -0.39 is 0 Å². The van der Waals surface area contributed by atoms with Gasteiger partial charge in [-0.2, -0.15) is 0 Å². The van der Waals surface area contributed by atoms with Crippen LogP contribution in [0, 0.1) is 0 Å². The highest BCUT2D eigenvalue weighted by Crippen LogP contribution is 2.34. The van der Waals surface area contributed by atoms with Crippen molar-refractivity contribution < 1.29 is 0 Å². The van der Waals surface area contributed by atoms with Crippen LogP contribution in [0.2, 0.25) is 0 Å². The highest BCUT2D eigenvalue weighted by atomic mass is 32.2. The monoisotopic (exact) mass is 342 g/mol. The van der Waals surface area contributed by atoms with Crippen LogP contribution < -0.4 is 0 Å². The van der Waals surface area contributed by atoms with Crippen LogP contribution in [-0.2, 0) is 0 Å². The number of hydrogen-bond donors (Lipinski definition) is 0. The third-order valence-corrected chi connectivity index (χ3v) is 5.67. The number of thiazole rings is 1. The summed E-state index contributed by atoms with van der Waals surface area (Å²) in [6, 6.07) is 14.3. The van der Waals surface area contributed by atoms with E-state index in [2.05, 4.69) is 37.9 Å². The van der Waals surface area contributed by atoms with E-state index in [4.69, 9.17) is 0 Å². The summed E-state index contributed by atoms with van der Waals surface area (Å²) < 4.78 is 3.04. The first-order chi connectivity index (χ1) is 10.9. The lowest BCUT2D eigenvalue weighted by atomic mass is 10.3. The molecule has 7 heteroatoms. The highest BCUT2D eigenvalue weighted by Gasteiger charge is 2.17. The minimum atomic E-state index is 0.824. The van der Waals surface area contributed by atoms with E-state index in [-0.39, 0.29) is 0 Å². The zero-order valence-electron chi connectivity index (χ0n) is 11.3. The average molecular weight is 342 g/mol. The van der Waals surface area contributed by atoms with Crippen LogP contribution in [0.15, 0.2) is 68.9 Å². The van der Waals surface area contributed by atoms with Gasteiger partial charge in [0.05, 0.1) is 4.88 Å². The van der Waals surface area contributed by atoms with Gasteiger partial charge in [0, 0.05) is 17.3 Å². The molecule has 108 valence electrons. The molecule has 0 aliphatic carbocycles. The summed E-state index contributed by atoms with van der Waals surface area (Å²) >= 11 is 4.80. The molecule has 0 fully saturated rings. The summed E-state index contributed by atoms with van der Waals surface area (Å²) in [6.07, 6.45) is 1.80. The minimum Gasteiger partial charge on any atom is -0.269 e. The average Bonchev–Trinajstić information content (AvgIpc) is 3.30. The Balaban J connectivity index is 1.85. The molecule has 4 aromatic rings. The Kier molecular flexibility index (Phi) is 3.75. The zero-order valence-corrected chi connectivity index (χ0v) is 13.7.